The van der Waals surface area contributed by atoms with Crippen molar-refractivity contribution < 1.29 is 5.11 Å². The molecule has 0 atom stereocenters. The van der Waals surface area contributed by atoms with Gasteiger partial charge in [0.05, 0.1) is 0 Å². The van der Waals surface area contributed by atoms with Crippen molar-refractivity contribution >= 4 is 12.6 Å². The molecule has 0 bridgehead atoms. The molecule has 0 heterocycles. The van der Waals surface area contributed by atoms with Crippen LogP contribution in [0, 0.1) is 0 Å². The van der Waals surface area contributed by atoms with Crippen LogP contribution in [0.3, 0.4) is 0 Å². The fraction of sp³-hybridized carbons (Fsp3) is 0.200. The van der Waals surface area contributed by atoms with Gasteiger partial charge in [-0.15, -0.1) is 12.6 Å². The summed E-state index contributed by atoms with van der Waals surface area (Å²) in [6, 6.07) is 0. The van der Waals surface area contributed by atoms with E-state index < -0.39 is 0 Å². The van der Waals surface area contributed by atoms with E-state index in [1.54, 1.807) is 6.08 Å². The van der Waals surface area contributed by atoms with Crippen molar-refractivity contribution in [3.63, 3.8) is 0 Å². The molecule has 0 fully saturated rings. The summed E-state index contributed by atoms with van der Waals surface area (Å²) in [6.45, 7) is 1.87. The maximum Gasteiger partial charge on any atom is 0.146 e. The number of rotatable bonds is 1. The standard InChI is InChI=1S/C5H8OS/c1-2-3-4-5(6)7/h2-4,6-7H,1H3/b3-2-,5-4-. The Kier molecular flexibility index (Phi) is 3.61. The molecule has 0 saturated heterocycles. The average molecular weight is 116 g/mol. The number of aliphatic hydroxyl groups excluding tert-OH is 1. The molecule has 0 aliphatic rings. The Morgan fingerprint density at radius 2 is 2.29 bits per heavy atom. The van der Waals surface area contributed by atoms with Gasteiger partial charge >= 0.3 is 0 Å². The maximum absolute atomic E-state index is 8.36. The van der Waals surface area contributed by atoms with Crippen molar-refractivity contribution in [3.8, 4) is 0 Å². The number of allylic oxidation sites excluding steroid dienone is 3. The van der Waals surface area contributed by atoms with Crippen LogP contribution in [0.15, 0.2) is 23.3 Å². The van der Waals surface area contributed by atoms with Crippen molar-refractivity contribution in [1.82, 2.24) is 0 Å². The second kappa shape index (κ2) is 3.81. The van der Waals surface area contributed by atoms with Crippen LogP contribution in [0.25, 0.3) is 0 Å². The van der Waals surface area contributed by atoms with Gasteiger partial charge in [-0.3, -0.25) is 0 Å². The molecule has 0 saturated carbocycles. The van der Waals surface area contributed by atoms with E-state index in [4.69, 9.17) is 5.11 Å². The molecule has 0 spiro atoms. The van der Waals surface area contributed by atoms with Crippen molar-refractivity contribution in [1.29, 1.82) is 0 Å². The molecule has 0 aromatic heterocycles. The minimum Gasteiger partial charge on any atom is -0.502 e. The van der Waals surface area contributed by atoms with Gasteiger partial charge in [0.15, 0.2) is 0 Å². The number of hydrogen-bond donors (Lipinski definition) is 2. The third-order valence-electron chi connectivity index (χ3n) is 0.438. The highest BCUT2D eigenvalue weighted by molar-refractivity contribution is 7.84. The summed E-state index contributed by atoms with van der Waals surface area (Å²) in [5, 5.41) is 8.40. The van der Waals surface area contributed by atoms with Crippen LogP contribution >= 0.6 is 12.6 Å². The van der Waals surface area contributed by atoms with Gasteiger partial charge in [-0.05, 0) is 13.0 Å². The van der Waals surface area contributed by atoms with Crippen LogP contribution in [0.4, 0.5) is 0 Å². The minimum absolute atomic E-state index is 0.0399. The van der Waals surface area contributed by atoms with Crippen LogP contribution in [0.5, 0.6) is 0 Å². The van der Waals surface area contributed by atoms with Gasteiger partial charge in [0.1, 0.15) is 5.09 Å². The highest BCUT2D eigenvalue weighted by Gasteiger charge is 1.69. The summed E-state index contributed by atoms with van der Waals surface area (Å²) < 4.78 is 0. The van der Waals surface area contributed by atoms with Gasteiger partial charge in [-0.2, -0.15) is 0 Å². The maximum atomic E-state index is 8.36. The molecular weight excluding hydrogens is 108 g/mol. The molecule has 0 aliphatic carbocycles. The summed E-state index contributed by atoms with van der Waals surface area (Å²) in [7, 11) is 0. The fourth-order valence-corrected chi connectivity index (χ4v) is 0.268. The van der Waals surface area contributed by atoms with E-state index in [1.165, 1.54) is 6.08 Å². The van der Waals surface area contributed by atoms with Crippen LogP contribution < -0.4 is 0 Å². The molecular formula is C5H8OS. The number of thiol groups is 1. The van der Waals surface area contributed by atoms with Gasteiger partial charge in [-0.25, -0.2) is 0 Å². The zero-order valence-electron chi connectivity index (χ0n) is 4.13. The van der Waals surface area contributed by atoms with E-state index >= 15 is 0 Å². The number of aliphatic hydroxyl groups is 1. The molecule has 7 heavy (non-hydrogen) atoms. The Hall–Kier alpha value is -0.370. The van der Waals surface area contributed by atoms with E-state index in [1.807, 2.05) is 13.0 Å². The molecule has 0 aromatic carbocycles. The fourth-order valence-electron chi connectivity index (χ4n) is 0.182. The van der Waals surface area contributed by atoms with Crippen LogP contribution in [0.2, 0.25) is 0 Å². The Balaban J connectivity index is 3.46. The second-order valence-electron chi connectivity index (χ2n) is 1.05. The van der Waals surface area contributed by atoms with E-state index in [0.29, 0.717) is 0 Å². The molecule has 0 rings (SSSR count). The lowest BCUT2D eigenvalue weighted by molar-refractivity contribution is 0.458. The second-order valence-corrected chi connectivity index (χ2v) is 1.51. The monoisotopic (exact) mass is 116 g/mol. The van der Waals surface area contributed by atoms with Crippen molar-refractivity contribution in [2.45, 2.75) is 6.92 Å². The lowest BCUT2D eigenvalue weighted by atomic mass is 10.5. The van der Waals surface area contributed by atoms with Gasteiger partial charge in [-0.1, -0.05) is 12.2 Å². The molecule has 0 aromatic rings. The third kappa shape index (κ3) is 5.63. The first-order valence-corrected chi connectivity index (χ1v) is 2.43. The summed E-state index contributed by atoms with van der Waals surface area (Å²) in [5.41, 5.74) is 0. The smallest absolute Gasteiger partial charge is 0.146 e. The molecule has 0 aliphatic heterocycles. The van der Waals surface area contributed by atoms with Crippen LogP contribution in [-0.4, -0.2) is 5.11 Å². The Labute approximate surface area is 48.8 Å². The Morgan fingerprint density at radius 1 is 1.71 bits per heavy atom. The lowest BCUT2D eigenvalue weighted by Crippen LogP contribution is -1.58. The highest BCUT2D eigenvalue weighted by atomic mass is 32.1. The molecule has 0 radical (unpaired) electrons. The van der Waals surface area contributed by atoms with E-state index in [2.05, 4.69) is 12.6 Å². The van der Waals surface area contributed by atoms with Gasteiger partial charge in [0.25, 0.3) is 0 Å². The molecule has 1 N–H and O–H groups in total. The Morgan fingerprint density at radius 3 is 2.43 bits per heavy atom. The topological polar surface area (TPSA) is 20.2 Å². The van der Waals surface area contributed by atoms with Gasteiger partial charge in [0, 0.05) is 0 Å². The quantitative estimate of drug-likeness (QED) is 0.304. The first-order valence-electron chi connectivity index (χ1n) is 1.98. The molecule has 40 valence electrons. The first kappa shape index (κ1) is 6.63. The largest absolute Gasteiger partial charge is 0.502 e. The van der Waals surface area contributed by atoms with Crippen molar-refractivity contribution in [2.24, 2.45) is 0 Å². The van der Waals surface area contributed by atoms with Crippen molar-refractivity contribution in [2.75, 3.05) is 0 Å². The summed E-state index contributed by atoms with van der Waals surface area (Å²) >= 11 is 3.60. The highest BCUT2D eigenvalue weighted by Crippen LogP contribution is 1.91. The van der Waals surface area contributed by atoms with Crippen LogP contribution in [0.1, 0.15) is 6.92 Å². The Bertz CT molecular complexity index is 90.3. The van der Waals surface area contributed by atoms with Crippen LogP contribution in [-0.2, 0) is 0 Å². The minimum atomic E-state index is 0.0399. The third-order valence-corrected chi connectivity index (χ3v) is 0.587. The van der Waals surface area contributed by atoms with Gasteiger partial charge < -0.3 is 5.11 Å². The summed E-state index contributed by atoms with van der Waals surface area (Å²) in [6.07, 6.45) is 5.03. The SMILES string of the molecule is C/C=C\C=C(\O)S. The molecule has 0 unspecified atom stereocenters. The summed E-state index contributed by atoms with van der Waals surface area (Å²) in [5.74, 6) is 0. The predicted molar refractivity (Wildman–Crippen MR) is 34.5 cm³/mol. The lowest BCUT2D eigenvalue weighted by Gasteiger charge is -1.77. The molecule has 0 amide bonds. The normalized spacial score (nSPS) is 13.1. The van der Waals surface area contributed by atoms with Gasteiger partial charge in [0.2, 0.25) is 0 Å². The zero-order valence-corrected chi connectivity index (χ0v) is 5.02. The predicted octanol–water partition coefficient (Wildman–Crippen LogP) is 1.89. The van der Waals surface area contributed by atoms with Crippen molar-refractivity contribution in [3.05, 3.63) is 23.3 Å². The molecule has 1 nitrogen and oxygen atoms in total. The van der Waals surface area contributed by atoms with E-state index in [-0.39, 0.29) is 5.09 Å². The van der Waals surface area contributed by atoms with E-state index in [9.17, 15) is 0 Å². The summed E-state index contributed by atoms with van der Waals surface area (Å²) in [4.78, 5) is 0. The number of hydrogen-bond acceptors (Lipinski definition) is 2. The average Bonchev–Trinajstić information content (AvgIpc) is 1.61. The first-order chi connectivity index (χ1) is 3.27. The van der Waals surface area contributed by atoms with E-state index in [0.717, 1.165) is 0 Å². The zero-order chi connectivity index (χ0) is 5.70. The molecule has 2 heteroatoms.